The van der Waals surface area contributed by atoms with Gasteiger partial charge < -0.3 is 15.4 Å². The van der Waals surface area contributed by atoms with Gasteiger partial charge in [0.25, 0.3) is 0 Å². The Labute approximate surface area is 186 Å². The lowest BCUT2D eigenvalue weighted by atomic mass is 10.1. The molecular formula is C22H28N6O2S. The Morgan fingerprint density at radius 2 is 2.06 bits per heavy atom. The van der Waals surface area contributed by atoms with E-state index in [1.807, 2.05) is 42.9 Å². The van der Waals surface area contributed by atoms with Crippen molar-refractivity contribution in [1.29, 1.82) is 0 Å². The van der Waals surface area contributed by atoms with Gasteiger partial charge in [0.15, 0.2) is 5.96 Å². The molecule has 1 unspecified atom stereocenters. The van der Waals surface area contributed by atoms with Gasteiger partial charge in [0, 0.05) is 26.0 Å². The number of thiazole rings is 1. The zero-order valence-electron chi connectivity index (χ0n) is 18.3. The highest BCUT2D eigenvalue weighted by molar-refractivity contribution is 7.13. The number of aryl methyl sites for hydroxylation is 1. The molecule has 1 aromatic carbocycles. The highest BCUT2D eigenvalue weighted by Gasteiger charge is 2.20. The summed E-state index contributed by atoms with van der Waals surface area (Å²) >= 11 is 1.35. The van der Waals surface area contributed by atoms with Gasteiger partial charge in [0.1, 0.15) is 9.88 Å². The van der Waals surface area contributed by atoms with Gasteiger partial charge in [-0.15, -0.1) is 11.3 Å². The predicted octanol–water partition coefficient (Wildman–Crippen LogP) is 3.30. The van der Waals surface area contributed by atoms with Crippen LogP contribution in [-0.2, 0) is 17.8 Å². The molecule has 0 aliphatic heterocycles. The van der Waals surface area contributed by atoms with E-state index in [1.54, 1.807) is 20.2 Å². The number of rotatable bonds is 8. The van der Waals surface area contributed by atoms with Crippen LogP contribution in [0, 0.1) is 6.92 Å². The van der Waals surface area contributed by atoms with E-state index in [-0.39, 0.29) is 12.0 Å². The number of ether oxygens (including phenoxy) is 1. The number of benzene rings is 1. The first-order chi connectivity index (χ1) is 15.0. The van der Waals surface area contributed by atoms with Crippen LogP contribution in [0.1, 0.15) is 51.4 Å². The monoisotopic (exact) mass is 440 g/mol. The van der Waals surface area contributed by atoms with Crippen LogP contribution in [0.4, 0.5) is 0 Å². The summed E-state index contributed by atoms with van der Waals surface area (Å²) in [5.41, 5.74) is 3.04. The molecule has 31 heavy (non-hydrogen) atoms. The Balaban J connectivity index is 1.63. The maximum absolute atomic E-state index is 12.1. The second-order valence-corrected chi connectivity index (χ2v) is 7.98. The number of hydrogen-bond donors (Lipinski definition) is 2. The number of aliphatic imine (C=N–C) groups is 1. The third-order valence-electron chi connectivity index (χ3n) is 4.68. The van der Waals surface area contributed by atoms with E-state index in [0.717, 1.165) is 5.01 Å². The molecule has 2 N–H and O–H groups in total. The van der Waals surface area contributed by atoms with Crippen LogP contribution in [0.5, 0.6) is 0 Å². The van der Waals surface area contributed by atoms with Crippen LogP contribution in [0.25, 0.3) is 0 Å². The van der Waals surface area contributed by atoms with E-state index in [9.17, 15) is 4.79 Å². The smallest absolute Gasteiger partial charge is 0.350 e. The lowest BCUT2D eigenvalue weighted by Gasteiger charge is -2.17. The van der Waals surface area contributed by atoms with E-state index in [4.69, 9.17) is 4.74 Å². The fourth-order valence-corrected chi connectivity index (χ4v) is 4.04. The first kappa shape index (κ1) is 22.5. The first-order valence-electron chi connectivity index (χ1n) is 10.2. The maximum atomic E-state index is 12.1. The lowest BCUT2D eigenvalue weighted by molar-refractivity contribution is 0.0531. The molecule has 0 saturated heterocycles. The number of carbonyl (C=O) groups excluding carboxylic acids is 1. The summed E-state index contributed by atoms with van der Waals surface area (Å²) in [6.45, 7) is 7.28. The minimum atomic E-state index is -0.327. The molecule has 0 radical (unpaired) electrons. The normalized spacial score (nSPS) is 12.5. The topological polar surface area (TPSA) is 93.4 Å². The van der Waals surface area contributed by atoms with Gasteiger partial charge >= 0.3 is 5.97 Å². The molecule has 3 aromatic rings. The van der Waals surface area contributed by atoms with Crippen molar-refractivity contribution >= 4 is 23.3 Å². The molecule has 0 saturated carbocycles. The zero-order chi connectivity index (χ0) is 22.2. The fraction of sp³-hybridized carbons (Fsp3) is 0.364. The van der Waals surface area contributed by atoms with Crippen molar-refractivity contribution in [2.75, 3.05) is 13.7 Å². The van der Waals surface area contributed by atoms with Crippen molar-refractivity contribution in [1.82, 2.24) is 25.4 Å². The largest absolute Gasteiger partial charge is 0.462 e. The molecule has 0 amide bonds. The van der Waals surface area contributed by atoms with Gasteiger partial charge in [-0.1, -0.05) is 24.3 Å². The quantitative estimate of drug-likeness (QED) is 0.317. The predicted molar refractivity (Wildman–Crippen MR) is 122 cm³/mol. The van der Waals surface area contributed by atoms with Gasteiger partial charge in [0.05, 0.1) is 24.9 Å². The standard InChI is InChI=1S/C22H28N6O2S/c1-5-30-21(29)19-15(2)26-20(31-19)16(3)27-22(23-4)24-13-17-9-6-7-10-18(17)14-28-12-8-11-25-28/h6-12,16H,5,13-14H2,1-4H3,(H2,23,24,27). The summed E-state index contributed by atoms with van der Waals surface area (Å²) in [6.07, 6.45) is 3.73. The number of carbonyl (C=O) groups is 1. The molecule has 2 heterocycles. The number of aromatic nitrogens is 3. The Kier molecular flexibility index (Phi) is 7.77. The molecule has 164 valence electrons. The molecule has 0 bridgehead atoms. The van der Waals surface area contributed by atoms with Crippen LogP contribution in [0.3, 0.4) is 0 Å². The van der Waals surface area contributed by atoms with E-state index in [2.05, 4.69) is 37.8 Å². The average Bonchev–Trinajstić information content (AvgIpc) is 3.41. The lowest BCUT2D eigenvalue weighted by Crippen LogP contribution is -2.38. The van der Waals surface area contributed by atoms with Gasteiger partial charge in [-0.25, -0.2) is 9.78 Å². The summed E-state index contributed by atoms with van der Waals surface area (Å²) in [7, 11) is 1.73. The second-order valence-electron chi connectivity index (χ2n) is 6.95. The minimum absolute atomic E-state index is 0.114. The number of nitrogens with zero attached hydrogens (tertiary/aromatic N) is 4. The Bertz CT molecular complexity index is 1030. The van der Waals surface area contributed by atoms with Crippen molar-refractivity contribution in [2.45, 2.75) is 39.9 Å². The minimum Gasteiger partial charge on any atom is -0.462 e. The SMILES string of the molecule is CCOC(=O)c1sc(C(C)NC(=NC)NCc2ccccc2Cn2cccn2)nc1C. The Hall–Kier alpha value is -3.20. The maximum Gasteiger partial charge on any atom is 0.350 e. The molecule has 9 heteroatoms. The fourth-order valence-electron chi connectivity index (χ4n) is 3.08. The van der Waals surface area contributed by atoms with Crippen molar-refractivity contribution in [3.05, 3.63) is 69.4 Å². The van der Waals surface area contributed by atoms with Gasteiger partial charge in [-0.05, 0) is 38.0 Å². The molecule has 0 aliphatic carbocycles. The van der Waals surface area contributed by atoms with Crippen LogP contribution in [0.15, 0.2) is 47.7 Å². The number of nitrogens with one attached hydrogen (secondary N) is 2. The number of guanidine groups is 1. The van der Waals surface area contributed by atoms with Gasteiger partial charge in [0.2, 0.25) is 0 Å². The summed E-state index contributed by atoms with van der Waals surface area (Å²) in [4.78, 5) is 21.5. The molecule has 1 atom stereocenters. The highest BCUT2D eigenvalue weighted by atomic mass is 32.1. The average molecular weight is 441 g/mol. The molecule has 0 aliphatic rings. The van der Waals surface area contributed by atoms with Gasteiger partial charge in [-0.3, -0.25) is 9.67 Å². The molecule has 8 nitrogen and oxygen atoms in total. The summed E-state index contributed by atoms with van der Waals surface area (Å²) in [5, 5.41) is 11.8. The van der Waals surface area contributed by atoms with Crippen LogP contribution >= 0.6 is 11.3 Å². The van der Waals surface area contributed by atoms with Crippen LogP contribution in [-0.4, -0.2) is 40.3 Å². The van der Waals surface area contributed by atoms with E-state index < -0.39 is 0 Å². The van der Waals surface area contributed by atoms with Crippen LogP contribution in [0.2, 0.25) is 0 Å². The first-order valence-corrected chi connectivity index (χ1v) is 11.0. The van der Waals surface area contributed by atoms with Crippen molar-refractivity contribution in [3.63, 3.8) is 0 Å². The summed E-state index contributed by atoms with van der Waals surface area (Å²) in [5.74, 6) is 0.333. The molecular weight excluding hydrogens is 412 g/mol. The highest BCUT2D eigenvalue weighted by Crippen LogP contribution is 2.24. The van der Waals surface area contributed by atoms with E-state index in [1.165, 1.54) is 22.5 Å². The van der Waals surface area contributed by atoms with Crippen molar-refractivity contribution in [2.24, 2.45) is 4.99 Å². The third kappa shape index (κ3) is 5.91. The number of hydrogen-bond acceptors (Lipinski definition) is 6. The zero-order valence-corrected chi connectivity index (χ0v) is 19.1. The van der Waals surface area contributed by atoms with Crippen molar-refractivity contribution in [3.8, 4) is 0 Å². The molecule has 3 rings (SSSR count). The van der Waals surface area contributed by atoms with Gasteiger partial charge in [-0.2, -0.15) is 5.10 Å². The molecule has 2 aromatic heterocycles. The van der Waals surface area contributed by atoms with Crippen molar-refractivity contribution < 1.29 is 9.53 Å². The number of esters is 1. The molecule has 0 fully saturated rings. The van der Waals surface area contributed by atoms with E-state index >= 15 is 0 Å². The second kappa shape index (κ2) is 10.7. The van der Waals surface area contributed by atoms with E-state index in [0.29, 0.717) is 36.2 Å². The third-order valence-corrected chi connectivity index (χ3v) is 6.00. The summed E-state index contributed by atoms with van der Waals surface area (Å²) in [6, 6.07) is 10.1. The summed E-state index contributed by atoms with van der Waals surface area (Å²) < 4.78 is 7.01. The Morgan fingerprint density at radius 3 is 2.74 bits per heavy atom. The Morgan fingerprint density at radius 1 is 1.29 bits per heavy atom. The molecule has 0 spiro atoms. The van der Waals surface area contributed by atoms with Crippen LogP contribution < -0.4 is 10.6 Å².